The number of halogens is 1. The highest BCUT2D eigenvalue weighted by Crippen LogP contribution is 2.35. The van der Waals surface area contributed by atoms with E-state index >= 15 is 0 Å². The Hall–Kier alpha value is -2.11. The molecule has 136 valence electrons. The van der Waals surface area contributed by atoms with Crippen LogP contribution < -0.4 is 0 Å². The lowest BCUT2D eigenvalue weighted by Gasteiger charge is -2.26. The number of amides is 1. The number of hydrogen-bond donors (Lipinski definition) is 1. The molecule has 1 amide bonds. The number of nitrogens with zero attached hydrogens (tertiary/aromatic N) is 1. The second kappa shape index (κ2) is 6.89. The molecule has 1 aliphatic carbocycles. The maximum Gasteiger partial charge on any atom is 0.270 e. The number of rotatable bonds is 2. The van der Waals surface area contributed by atoms with Gasteiger partial charge in [-0.1, -0.05) is 23.7 Å². The van der Waals surface area contributed by atoms with Crippen molar-refractivity contribution in [3.63, 3.8) is 0 Å². The minimum atomic E-state index is -0.0453. The summed E-state index contributed by atoms with van der Waals surface area (Å²) in [6.07, 6.45) is 1.18. The van der Waals surface area contributed by atoms with Crippen LogP contribution in [0.1, 0.15) is 50.0 Å². The summed E-state index contributed by atoms with van der Waals surface area (Å²) >= 11 is 5.97. The Kier molecular flexibility index (Phi) is 4.59. The van der Waals surface area contributed by atoms with Gasteiger partial charge in [0.05, 0.1) is 13.2 Å². The van der Waals surface area contributed by atoms with Gasteiger partial charge in [-0.3, -0.25) is 9.59 Å². The minimum absolute atomic E-state index is 0.0453. The monoisotopic (exact) mass is 372 g/mol. The van der Waals surface area contributed by atoms with Crippen LogP contribution in [0.5, 0.6) is 0 Å². The lowest BCUT2D eigenvalue weighted by atomic mass is 9.81. The number of fused-ring (bicyclic) bond motifs is 1. The van der Waals surface area contributed by atoms with Crippen LogP contribution in [-0.4, -0.2) is 47.9 Å². The topological polar surface area (TPSA) is 62.4 Å². The van der Waals surface area contributed by atoms with E-state index in [1.54, 1.807) is 4.90 Å². The molecule has 0 saturated carbocycles. The second-order valence-electron chi connectivity index (χ2n) is 6.96. The third-order valence-electron chi connectivity index (χ3n) is 5.34. The van der Waals surface area contributed by atoms with Crippen LogP contribution in [0, 0.1) is 6.92 Å². The quantitative estimate of drug-likeness (QED) is 0.879. The van der Waals surface area contributed by atoms with Crippen LogP contribution >= 0.6 is 11.6 Å². The molecular weight excluding hydrogens is 352 g/mol. The predicted molar refractivity (Wildman–Crippen MR) is 99.1 cm³/mol. The van der Waals surface area contributed by atoms with Crippen LogP contribution in [0.3, 0.4) is 0 Å². The Bertz CT molecular complexity index is 851. The average Bonchev–Trinajstić information content (AvgIpc) is 2.99. The van der Waals surface area contributed by atoms with Crippen molar-refractivity contribution in [3.8, 4) is 0 Å². The van der Waals surface area contributed by atoms with Crippen LogP contribution in [0.15, 0.2) is 24.3 Å². The zero-order valence-corrected chi connectivity index (χ0v) is 15.4. The number of carbonyl (C=O) groups excluding carboxylic acids is 2. The molecule has 0 bridgehead atoms. The van der Waals surface area contributed by atoms with Crippen molar-refractivity contribution in [3.05, 3.63) is 57.4 Å². The number of Topliss-reactive ketones (excluding diaryl/α,β-unsaturated/α-hetero) is 1. The molecule has 0 spiro atoms. The van der Waals surface area contributed by atoms with Gasteiger partial charge in [0.15, 0.2) is 5.78 Å². The molecule has 2 aliphatic rings. The number of H-pyrrole nitrogens is 1. The first kappa shape index (κ1) is 17.3. The Morgan fingerprint density at radius 3 is 2.58 bits per heavy atom. The standard InChI is InChI=1S/C20H21ClN2O3/c1-12-18-16(22-19(12)20(25)23-6-8-26-9-7-23)10-14(11-17(18)24)13-2-4-15(21)5-3-13/h2-5,14,22H,6-11H2,1H3/t14-/m1/s1. The van der Waals surface area contributed by atoms with E-state index in [0.29, 0.717) is 49.0 Å². The highest BCUT2D eigenvalue weighted by atomic mass is 35.5. The van der Waals surface area contributed by atoms with Gasteiger partial charge in [-0.15, -0.1) is 0 Å². The molecule has 2 aromatic rings. The molecule has 1 N–H and O–H groups in total. The highest BCUT2D eigenvalue weighted by molar-refractivity contribution is 6.30. The van der Waals surface area contributed by atoms with Gasteiger partial charge in [-0.05, 0) is 42.5 Å². The molecule has 1 aromatic heterocycles. The molecule has 1 saturated heterocycles. The van der Waals surface area contributed by atoms with E-state index in [4.69, 9.17) is 16.3 Å². The van der Waals surface area contributed by atoms with E-state index in [1.165, 1.54) is 0 Å². The number of aromatic nitrogens is 1. The van der Waals surface area contributed by atoms with E-state index in [-0.39, 0.29) is 17.6 Å². The maximum atomic E-state index is 12.8. The zero-order valence-electron chi connectivity index (χ0n) is 14.7. The van der Waals surface area contributed by atoms with E-state index in [2.05, 4.69) is 4.98 Å². The summed E-state index contributed by atoms with van der Waals surface area (Å²) in [5.74, 6) is 0.161. The van der Waals surface area contributed by atoms with E-state index < -0.39 is 0 Å². The van der Waals surface area contributed by atoms with E-state index in [1.807, 2.05) is 31.2 Å². The van der Waals surface area contributed by atoms with Gasteiger partial charge in [0, 0.05) is 35.8 Å². The van der Waals surface area contributed by atoms with Crippen LogP contribution in [-0.2, 0) is 11.2 Å². The smallest absolute Gasteiger partial charge is 0.270 e. The second-order valence-corrected chi connectivity index (χ2v) is 7.40. The van der Waals surface area contributed by atoms with Crippen molar-refractivity contribution >= 4 is 23.3 Å². The Morgan fingerprint density at radius 1 is 1.19 bits per heavy atom. The Balaban J connectivity index is 1.63. The largest absolute Gasteiger partial charge is 0.378 e. The molecule has 0 radical (unpaired) electrons. The summed E-state index contributed by atoms with van der Waals surface area (Å²) in [6, 6.07) is 7.65. The van der Waals surface area contributed by atoms with Crippen molar-refractivity contribution in [2.24, 2.45) is 0 Å². The number of ether oxygens (including phenoxy) is 1. The predicted octanol–water partition coefficient (Wildman–Crippen LogP) is 3.36. The first-order valence-electron chi connectivity index (χ1n) is 8.91. The van der Waals surface area contributed by atoms with Gasteiger partial charge in [0.25, 0.3) is 5.91 Å². The van der Waals surface area contributed by atoms with Crippen LogP contribution in [0.4, 0.5) is 0 Å². The number of aromatic amines is 1. The molecule has 26 heavy (non-hydrogen) atoms. The van der Waals surface area contributed by atoms with Crippen molar-refractivity contribution in [2.45, 2.75) is 25.7 Å². The van der Waals surface area contributed by atoms with Crippen molar-refractivity contribution < 1.29 is 14.3 Å². The van der Waals surface area contributed by atoms with Crippen molar-refractivity contribution in [1.29, 1.82) is 0 Å². The van der Waals surface area contributed by atoms with Gasteiger partial charge in [0.1, 0.15) is 5.69 Å². The molecular formula is C20H21ClN2O3. The lowest BCUT2D eigenvalue weighted by Crippen LogP contribution is -2.41. The van der Waals surface area contributed by atoms with Gasteiger partial charge in [-0.2, -0.15) is 0 Å². The normalized spacial score (nSPS) is 20.2. The summed E-state index contributed by atoms with van der Waals surface area (Å²) in [7, 11) is 0. The first-order valence-corrected chi connectivity index (χ1v) is 9.29. The third kappa shape index (κ3) is 3.06. The summed E-state index contributed by atoms with van der Waals surface area (Å²) < 4.78 is 5.32. The molecule has 2 heterocycles. The molecule has 1 aliphatic heterocycles. The molecule has 6 heteroatoms. The SMILES string of the molecule is Cc1c(C(=O)N2CCOCC2)[nH]c2c1C(=O)C[C@H](c1ccc(Cl)cc1)C2. The van der Waals surface area contributed by atoms with Gasteiger partial charge in [0.2, 0.25) is 0 Å². The fourth-order valence-corrected chi connectivity index (χ4v) is 4.07. The molecule has 1 atom stereocenters. The summed E-state index contributed by atoms with van der Waals surface area (Å²) in [5, 5.41) is 0.686. The van der Waals surface area contributed by atoms with Gasteiger partial charge in [-0.25, -0.2) is 0 Å². The molecule has 5 nitrogen and oxygen atoms in total. The molecule has 1 fully saturated rings. The van der Waals surface area contributed by atoms with Crippen molar-refractivity contribution in [2.75, 3.05) is 26.3 Å². The fraction of sp³-hybridized carbons (Fsp3) is 0.400. The molecule has 4 rings (SSSR count). The van der Waals surface area contributed by atoms with E-state index in [0.717, 1.165) is 23.2 Å². The number of hydrogen-bond acceptors (Lipinski definition) is 3. The highest BCUT2D eigenvalue weighted by Gasteiger charge is 2.33. The minimum Gasteiger partial charge on any atom is -0.378 e. The average molecular weight is 373 g/mol. The van der Waals surface area contributed by atoms with Gasteiger partial charge >= 0.3 is 0 Å². The number of carbonyl (C=O) groups is 2. The van der Waals surface area contributed by atoms with Crippen LogP contribution in [0.25, 0.3) is 0 Å². The third-order valence-corrected chi connectivity index (χ3v) is 5.59. The number of ketones is 1. The zero-order chi connectivity index (χ0) is 18.3. The first-order chi connectivity index (χ1) is 12.5. The lowest BCUT2D eigenvalue weighted by molar-refractivity contribution is 0.0299. The number of morpholine rings is 1. The molecule has 0 unspecified atom stereocenters. The number of nitrogens with one attached hydrogen (secondary N) is 1. The maximum absolute atomic E-state index is 12.8. The number of benzene rings is 1. The Labute approximate surface area is 157 Å². The fourth-order valence-electron chi connectivity index (χ4n) is 3.94. The van der Waals surface area contributed by atoms with Crippen LogP contribution in [0.2, 0.25) is 5.02 Å². The van der Waals surface area contributed by atoms with Crippen molar-refractivity contribution in [1.82, 2.24) is 9.88 Å². The summed E-state index contributed by atoms with van der Waals surface area (Å²) in [4.78, 5) is 30.7. The molecule has 1 aromatic carbocycles. The summed E-state index contributed by atoms with van der Waals surface area (Å²) in [5.41, 5.74) is 3.99. The Morgan fingerprint density at radius 2 is 1.88 bits per heavy atom. The van der Waals surface area contributed by atoms with Gasteiger partial charge < -0.3 is 14.6 Å². The van der Waals surface area contributed by atoms with E-state index in [9.17, 15) is 9.59 Å². The summed E-state index contributed by atoms with van der Waals surface area (Å²) in [6.45, 7) is 4.15.